The molecule has 20 heavy (non-hydrogen) atoms. The second-order valence-corrected chi connectivity index (χ2v) is 5.82. The molecule has 0 spiro atoms. The molecule has 102 valence electrons. The van der Waals surface area contributed by atoms with Crippen molar-refractivity contribution in [2.45, 2.75) is 13.0 Å². The molecule has 0 aliphatic carbocycles. The molecular weight excluding hydrogens is 316 g/mol. The average Bonchev–Trinajstić information content (AvgIpc) is 2.92. The molecule has 0 bridgehead atoms. The van der Waals surface area contributed by atoms with Crippen LogP contribution < -0.4 is 10.9 Å². The number of hydrazine groups is 1. The first-order chi connectivity index (χ1) is 9.63. The predicted octanol–water partition coefficient (Wildman–Crippen LogP) is 3.65. The molecule has 3 rings (SSSR count). The lowest BCUT2D eigenvalue weighted by Crippen LogP contribution is -2.26. The summed E-state index contributed by atoms with van der Waals surface area (Å²) in [6.07, 6.45) is 2.08. The van der Waals surface area contributed by atoms with Crippen LogP contribution in [0, 0.1) is 6.92 Å². The standard InChI is InChI=1S/C16H15BrN2O/c1-10-2-7-16(20)13(8-10)15-9-14(18-19-15)11-3-5-12(17)6-4-11/h2-9,14,18-20H,1H3/t14-/m1/s1. The van der Waals surface area contributed by atoms with Gasteiger partial charge in [-0.2, -0.15) is 0 Å². The van der Waals surface area contributed by atoms with Crippen LogP contribution in [0.15, 0.2) is 53.0 Å². The highest BCUT2D eigenvalue weighted by Crippen LogP contribution is 2.30. The molecule has 0 fully saturated rings. The SMILES string of the molecule is Cc1ccc(O)c(C2=C[C@H](c3ccc(Br)cc3)NN2)c1. The fourth-order valence-corrected chi connectivity index (χ4v) is 2.54. The quantitative estimate of drug-likeness (QED) is 0.787. The van der Waals surface area contributed by atoms with Crippen LogP contribution in [0.2, 0.25) is 0 Å². The summed E-state index contributed by atoms with van der Waals surface area (Å²) in [6.45, 7) is 2.01. The van der Waals surface area contributed by atoms with Gasteiger partial charge in [0.25, 0.3) is 0 Å². The molecule has 1 aliphatic rings. The molecule has 3 N–H and O–H groups in total. The summed E-state index contributed by atoms with van der Waals surface area (Å²) in [5.41, 5.74) is 10.4. The first-order valence-corrected chi connectivity index (χ1v) is 7.21. The highest BCUT2D eigenvalue weighted by Gasteiger charge is 2.19. The summed E-state index contributed by atoms with van der Waals surface area (Å²) in [5, 5.41) is 9.97. The maximum absolute atomic E-state index is 9.97. The Labute approximate surface area is 126 Å². The van der Waals surface area contributed by atoms with E-state index in [0.717, 1.165) is 21.3 Å². The maximum Gasteiger partial charge on any atom is 0.124 e. The fourth-order valence-electron chi connectivity index (χ4n) is 2.28. The van der Waals surface area contributed by atoms with Crippen LogP contribution in [0.5, 0.6) is 5.75 Å². The molecular formula is C16H15BrN2O. The van der Waals surface area contributed by atoms with Gasteiger partial charge in [-0.15, -0.1) is 0 Å². The summed E-state index contributed by atoms with van der Waals surface area (Å²) in [5.74, 6) is 0.285. The summed E-state index contributed by atoms with van der Waals surface area (Å²) < 4.78 is 1.06. The third kappa shape index (κ3) is 2.57. The van der Waals surface area contributed by atoms with Crippen LogP contribution in [0.1, 0.15) is 22.7 Å². The van der Waals surface area contributed by atoms with Gasteiger partial charge in [-0.3, -0.25) is 0 Å². The molecule has 0 unspecified atom stereocenters. The molecule has 0 amide bonds. The molecule has 0 aromatic heterocycles. The number of hydrogen-bond donors (Lipinski definition) is 3. The van der Waals surface area contributed by atoms with Gasteiger partial charge in [0.1, 0.15) is 5.75 Å². The van der Waals surface area contributed by atoms with E-state index in [1.165, 1.54) is 5.56 Å². The Hall–Kier alpha value is -1.78. The lowest BCUT2D eigenvalue weighted by Gasteiger charge is -2.09. The molecule has 1 atom stereocenters. The second-order valence-electron chi connectivity index (χ2n) is 4.90. The van der Waals surface area contributed by atoms with Crippen molar-refractivity contribution >= 4 is 21.6 Å². The van der Waals surface area contributed by atoms with E-state index >= 15 is 0 Å². The maximum atomic E-state index is 9.97. The van der Waals surface area contributed by atoms with E-state index in [1.807, 2.05) is 31.2 Å². The van der Waals surface area contributed by atoms with E-state index in [4.69, 9.17) is 0 Å². The lowest BCUT2D eigenvalue weighted by molar-refractivity contribution is 0.472. The predicted molar refractivity (Wildman–Crippen MR) is 84.0 cm³/mol. The molecule has 3 nitrogen and oxygen atoms in total. The van der Waals surface area contributed by atoms with Crippen molar-refractivity contribution in [2.24, 2.45) is 0 Å². The molecule has 0 saturated heterocycles. The van der Waals surface area contributed by atoms with Crippen molar-refractivity contribution in [1.82, 2.24) is 10.9 Å². The van der Waals surface area contributed by atoms with Gasteiger partial charge in [0, 0.05) is 10.0 Å². The van der Waals surface area contributed by atoms with Crippen molar-refractivity contribution in [1.29, 1.82) is 0 Å². The van der Waals surface area contributed by atoms with Crippen LogP contribution in [0.4, 0.5) is 0 Å². The summed E-state index contributed by atoms with van der Waals surface area (Å²) in [6, 6.07) is 13.9. The van der Waals surface area contributed by atoms with Crippen molar-refractivity contribution < 1.29 is 5.11 Å². The third-order valence-corrected chi connectivity index (χ3v) is 3.90. The Bertz CT molecular complexity index is 665. The fraction of sp³-hybridized carbons (Fsp3) is 0.125. The van der Waals surface area contributed by atoms with Crippen LogP contribution in [-0.4, -0.2) is 5.11 Å². The number of phenolic OH excluding ortho intramolecular Hbond substituents is 1. The van der Waals surface area contributed by atoms with Crippen molar-refractivity contribution in [3.8, 4) is 5.75 Å². The van der Waals surface area contributed by atoms with Gasteiger partial charge in [0.2, 0.25) is 0 Å². The Morgan fingerprint density at radius 2 is 1.85 bits per heavy atom. The lowest BCUT2D eigenvalue weighted by atomic mass is 10.0. The number of halogens is 1. The minimum Gasteiger partial charge on any atom is -0.507 e. The summed E-state index contributed by atoms with van der Waals surface area (Å²) in [4.78, 5) is 0. The Morgan fingerprint density at radius 1 is 1.10 bits per heavy atom. The Kier molecular flexibility index (Phi) is 3.51. The van der Waals surface area contributed by atoms with E-state index in [1.54, 1.807) is 6.07 Å². The van der Waals surface area contributed by atoms with Crippen molar-refractivity contribution in [3.05, 3.63) is 69.7 Å². The number of nitrogens with one attached hydrogen (secondary N) is 2. The van der Waals surface area contributed by atoms with Crippen LogP contribution in [0.25, 0.3) is 5.70 Å². The molecule has 2 aromatic carbocycles. The number of rotatable bonds is 2. The highest BCUT2D eigenvalue weighted by molar-refractivity contribution is 9.10. The smallest absolute Gasteiger partial charge is 0.124 e. The van der Waals surface area contributed by atoms with E-state index < -0.39 is 0 Å². The van der Waals surface area contributed by atoms with Crippen LogP contribution >= 0.6 is 15.9 Å². The normalized spacial score (nSPS) is 17.7. The van der Waals surface area contributed by atoms with E-state index in [2.05, 4.69) is 45.0 Å². The molecule has 1 aliphatic heterocycles. The molecule has 2 aromatic rings. The zero-order valence-corrected chi connectivity index (χ0v) is 12.6. The van der Waals surface area contributed by atoms with Gasteiger partial charge in [-0.05, 0) is 42.8 Å². The monoisotopic (exact) mass is 330 g/mol. The number of phenols is 1. The van der Waals surface area contributed by atoms with Gasteiger partial charge >= 0.3 is 0 Å². The summed E-state index contributed by atoms with van der Waals surface area (Å²) in [7, 11) is 0. The second kappa shape index (κ2) is 5.31. The summed E-state index contributed by atoms with van der Waals surface area (Å²) >= 11 is 3.44. The zero-order valence-electron chi connectivity index (χ0n) is 11.0. The average molecular weight is 331 g/mol. The van der Waals surface area contributed by atoms with E-state index in [0.29, 0.717) is 0 Å². The van der Waals surface area contributed by atoms with E-state index in [-0.39, 0.29) is 11.8 Å². The zero-order chi connectivity index (χ0) is 14.1. The van der Waals surface area contributed by atoms with Crippen molar-refractivity contribution in [3.63, 3.8) is 0 Å². The van der Waals surface area contributed by atoms with Gasteiger partial charge in [-0.25, -0.2) is 5.43 Å². The largest absolute Gasteiger partial charge is 0.507 e. The molecule has 0 radical (unpaired) electrons. The van der Waals surface area contributed by atoms with Crippen molar-refractivity contribution in [2.75, 3.05) is 0 Å². The number of hydrogen-bond acceptors (Lipinski definition) is 3. The van der Waals surface area contributed by atoms with Gasteiger partial charge in [0.15, 0.2) is 0 Å². The van der Waals surface area contributed by atoms with Gasteiger partial charge in [0.05, 0.1) is 11.7 Å². The van der Waals surface area contributed by atoms with Crippen LogP contribution in [-0.2, 0) is 0 Å². The number of aryl methyl sites for hydroxylation is 1. The molecule has 4 heteroatoms. The first-order valence-electron chi connectivity index (χ1n) is 6.42. The molecule has 1 heterocycles. The van der Waals surface area contributed by atoms with Crippen LogP contribution in [0.3, 0.4) is 0 Å². The highest BCUT2D eigenvalue weighted by atomic mass is 79.9. The van der Waals surface area contributed by atoms with E-state index in [9.17, 15) is 5.11 Å². The third-order valence-electron chi connectivity index (χ3n) is 3.37. The van der Waals surface area contributed by atoms with Gasteiger partial charge < -0.3 is 10.5 Å². The molecule has 0 saturated carbocycles. The Morgan fingerprint density at radius 3 is 2.60 bits per heavy atom. The van der Waals surface area contributed by atoms with Gasteiger partial charge in [-0.1, -0.05) is 39.7 Å². The number of benzene rings is 2. The minimum absolute atomic E-state index is 0.0954. The number of aromatic hydroxyl groups is 1. The minimum atomic E-state index is 0.0954. The first kappa shape index (κ1) is 13.2. The topological polar surface area (TPSA) is 44.3 Å². The Balaban J connectivity index is 1.91.